The van der Waals surface area contributed by atoms with E-state index >= 15 is 0 Å². The van der Waals surface area contributed by atoms with Crippen LogP contribution in [0.2, 0.25) is 0 Å². The topological polar surface area (TPSA) is 96.9 Å². The van der Waals surface area contributed by atoms with Crippen molar-refractivity contribution in [3.8, 4) is 0 Å². The van der Waals surface area contributed by atoms with Crippen molar-refractivity contribution in [1.29, 1.82) is 0 Å². The molecule has 0 aliphatic heterocycles. The first-order valence-corrected chi connectivity index (χ1v) is 12.3. The molecule has 2 aromatic heterocycles. The first-order chi connectivity index (χ1) is 15.4. The Balaban J connectivity index is 1.71. The molecule has 7 nitrogen and oxygen atoms in total. The summed E-state index contributed by atoms with van der Waals surface area (Å²) in [7, 11) is -3.48. The molecule has 33 heavy (non-hydrogen) atoms. The van der Waals surface area contributed by atoms with Crippen LogP contribution in [0.4, 0.5) is 35.5 Å². The molecule has 0 fully saturated rings. The number of sulfone groups is 1. The Kier molecular flexibility index (Phi) is 5.74. The summed E-state index contributed by atoms with van der Waals surface area (Å²) >= 11 is 1.21. The van der Waals surface area contributed by atoms with Crippen LogP contribution in [0.3, 0.4) is 0 Å². The summed E-state index contributed by atoms with van der Waals surface area (Å²) in [5.41, 5.74) is 1.20. The van der Waals surface area contributed by atoms with E-state index in [9.17, 15) is 21.6 Å². The molecule has 172 valence electrons. The van der Waals surface area contributed by atoms with Crippen LogP contribution in [0.5, 0.6) is 0 Å². The number of aromatic nitrogens is 3. The van der Waals surface area contributed by atoms with Crippen molar-refractivity contribution in [1.82, 2.24) is 15.0 Å². The predicted octanol–water partition coefficient (Wildman–Crippen LogP) is 5.61. The third-order valence-electron chi connectivity index (χ3n) is 4.71. The fraction of sp³-hybridized carbons (Fsp3) is 0.190. The molecule has 2 heterocycles. The average Bonchev–Trinajstić information content (AvgIpc) is 3.11. The molecular weight excluding hydrogens is 475 g/mol. The number of alkyl halides is 3. The number of thiazole rings is 1. The minimum Gasteiger partial charge on any atom is -0.338 e. The molecule has 0 radical (unpaired) electrons. The Morgan fingerprint density at radius 3 is 2.27 bits per heavy atom. The maximum absolute atomic E-state index is 12.8. The van der Waals surface area contributed by atoms with Gasteiger partial charge in [-0.1, -0.05) is 23.5 Å². The van der Waals surface area contributed by atoms with Gasteiger partial charge in [0.2, 0.25) is 0 Å². The fourth-order valence-electron chi connectivity index (χ4n) is 3.17. The quantitative estimate of drug-likeness (QED) is 0.373. The molecular formula is C21H18F3N5O2S2. The number of para-hydroxylation sites is 1. The van der Waals surface area contributed by atoms with Gasteiger partial charge in [0.15, 0.2) is 25.6 Å². The van der Waals surface area contributed by atoms with Gasteiger partial charge in [-0.25, -0.2) is 23.4 Å². The maximum Gasteiger partial charge on any atom is 0.416 e. The highest BCUT2D eigenvalue weighted by Gasteiger charge is 2.30. The summed E-state index contributed by atoms with van der Waals surface area (Å²) in [6.07, 6.45) is -3.29. The largest absolute Gasteiger partial charge is 0.416 e. The Morgan fingerprint density at radius 1 is 0.939 bits per heavy atom. The minimum absolute atomic E-state index is 0.145. The molecule has 0 unspecified atom stereocenters. The van der Waals surface area contributed by atoms with E-state index in [1.807, 2.05) is 0 Å². The summed E-state index contributed by atoms with van der Waals surface area (Å²) in [4.78, 5) is 13.9. The van der Waals surface area contributed by atoms with E-state index in [1.165, 1.54) is 29.5 Å². The Morgan fingerprint density at radius 2 is 1.64 bits per heavy atom. The monoisotopic (exact) mass is 493 g/mol. The van der Waals surface area contributed by atoms with Gasteiger partial charge in [0.05, 0.1) is 16.1 Å². The van der Waals surface area contributed by atoms with Crippen LogP contribution < -0.4 is 10.6 Å². The first-order valence-electron chi connectivity index (χ1n) is 9.58. The summed E-state index contributed by atoms with van der Waals surface area (Å²) in [5.74, 6) is 0.773. The zero-order valence-corrected chi connectivity index (χ0v) is 19.3. The van der Waals surface area contributed by atoms with Gasteiger partial charge in [-0.2, -0.15) is 13.2 Å². The van der Waals surface area contributed by atoms with Crippen LogP contribution in [-0.2, 0) is 16.0 Å². The zero-order chi connectivity index (χ0) is 24.0. The number of rotatable bonds is 5. The van der Waals surface area contributed by atoms with Crippen molar-refractivity contribution < 1.29 is 21.6 Å². The van der Waals surface area contributed by atoms with Gasteiger partial charge < -0.3 is 10.6 Å². The average molecular weight is 494 g/mol. The van der Waals surface area contributed by atoms with Crippen molar-refractivity contribution in [3.63, 3.8) is 0 Å². The highest BCUT2D eigenvalue weighted by Crippen LogP contribution is 2.35. The third kappa shape index (κ3) is 4.91. The van der Waals surface area contributed by atoms with Crippen molar-refractivity contribution in [2.45, 2.75) is 24.9 Å². The van der Waals surface area contributed by atoms with Crippen LogP contribution in [0.1, 0.15) is 17.0 Å². The third-order valence-corrected chi connectivity index (χ3v) is 6.72. The van der Waals surface area contributed by atoms with Crippen LogP contribution in [-0.4, -0.2) is 29.6 Å². The highest BCUT2D eigenvalue weighted by molar-refractivity contribution is 7.90. The molecule has 2 N–H and O–H groups in total. The Hall–Kier alpha value is -3.25. The van der Waals surface area contributed by atoms with Gasteiger partial charge in [-0.15, -0.1) is 0 Å². The smallest absolute Gasteiger partial charge is 0.338 e. The second-order valence-electron chi connectivity index (χ2n) is 7.34. The first kappa shape index (κ1) is 22.9. The van der Waals surface area contributed by atoms with E-state index in [2.05, 4.69) is 25.6 Å². The lowest BCUT2D eigenvalue weighted by atomic mass is 10.2. The molecule has 0 saturated heterocycles. The van der Waals surface area contributed by atoms with Crippen molar-refractivity contribution in [2.24, 2.45) is 0 Å². The van der Waals surface area contributed by atoms with Gasteiger partial charge in [0.25, 0.3) is 0 Å². The molecule has 2 aromatic carbocycles. The van der Waals surface area contributed by atoms with Crippen molar-refractivity contribution in [3.05, 3.63) is 59.4 Å². The summed E-state index contributed by atoms with van der Waals surface area (Å²) < 4.78 is 62.9. The molecule has 0 spiro atoms. The Labute approximate surface area is 191 Å². The van der Waals surface area contributed by atoms with Crippen LogP contribution in [0.25, 0.3) is 10.3 Å². The van der Waals surface area contributed by atoms with E-state index in [-0.39, 0.29) is 4.90 Å². The lowest BCUT2D eigenvalue weighted by Crippen LogP contribution is -2.05. The second-order valence-corrected chi connectivity index (χ2v) is 10.3. The van der Waals surface area contributed by atoms with E-state index in [0.717, 1.165) is 24.0 Å². The van der Waals surface area contributed by atoms with E-state index in [1.54, 1.807) is 26.0 Å². The molecule has 0 atom stereocenters. The summed E-state index contributed by atoms with van der Waals surface area (Å²) in [6.45, 7) is 3.47. The number of halogens is 3. The summed E-state index contributed by atoms with van der Waals surface area (Å²) in [6, 6.07) is 9.53. The van der Waals surface area contributed by atoms with E-state index in [0.29, 0.717) is 38.5 Å². The fourth-order valence-corrected chi connectivity index (χ4v) is 4.96. The molecule has 0 amide bonds. The predicted molar refractivity (Wildman–Crippen MR) is 122 cm³/mol. The zero-order valence-electron chi connectivity index (χ0n) is 17.6. The minimum atomic E-state index is -4.42. The van der Waals surface area contributed by atoms with Gasteiger partial charge in [-0.05, 0) is 49.7 Å². The lowest BCUT2D eigenvalue weighted by Gasteiger charge is -2.11. The molecule has 4 rings (SSSR count). The summed E-state index contributed by atoms with van der Waals surface area (Å²) in [5, 5.41) is 6.47. The van der Waals surface area contributed by atoms with E-state index in [4.69, 9.17) is 0 Å². The number of hydrogen-bond acceptors (Lipinski definition) is 8. The van der Waals surface area contributed by atoms with Crippen LogP contribution >= 0.6 is 11.3 Å². The number of anilines is 4. The SMILES string of the molecule is Cc1nc(Nc2ccc(C(F)(F)F)cc2)c2nc(Nc3c(C)cccc3S(C)(=O)=O)sc2n1. The van der Waals surface area contributed by atoms with E-state index < -0.39 is 21.6 Å². The van der Waals surface area contributed by atoms with Crippen LogP contribution in [0, 0.1) is 13.8 Å². The number of nitrogens with zero attached hydrogens (tertiary/aromatic N) is 3. The van der Waals surface area contributed by atoms with Crippen molar-refractivity contribution >= 4 is 53.8 Å². The van der Waals surface area contributed by atoms with Gasteiger partial charge in [0, 0.05) is 11.9 Å². The van der Waals surface area contributed by atoms with Crippen LogP contribution in [0.15, 0.2) is 47.4 Å². The number of nitrogens with one attached hydrogen (secondary N) is 2. The van der Waals surface area contributed by atoms with Gasteiger partial charge in [0.1, 0.15) is 11.3 Å². The normalized spacial score (nSPS) is 12.2. The molecule has 12 heteroatoms. The van der Waals surface area contributed by atoms with Crippen molar-refractivity contribution in [2.75, 3.05) is 16.9 Å². The maximum atomic E-state index is 12.8. The lowest BCUT2D eigenvalue weighted by molar-refractivity contribution is -0.137. The molecule has 0 bridgehead atoms. The molecule has 0 saturated carbocycles. The molecule has 0 aliphatic carbocycles. The number of benzene rings is 2. The number of fused-ring (bicyclic) bond motifs is 1. The van der Waals surface area contributed by atoms with Gasteiger partial charge >= 0.3 is 6.18 Å². The standard InChI is InChI=1S/C21H18F3N5O2S2/c1-11-5-4-6-15(33(3,30)31)16(11)28-20-29-17-18(25-12(2)26-19(17)32-20)27-14-9-7-13(8-10-14)21(22,23)24/h4-10H,1-3H3,(H,28,29)(H,25,26,27). The van der Waals surface area contributed by atoms with Gasteiger partial charge in [-0.3, -0.25) is 0 Å². The molecule has 0 aliphatic rings. The number of hydrogen-bond donors (Lipinski definition) is 2. The highest BCUT2D eigenvalue weighted by atomic mass is 32.2. The Bertz CT molecular complexity index is 1450. The molecule has 4 aromatic rings. The second kappa shape index (κ2) is 8.27. The number of aryl methyl sites for hydroxylation is 2.